The van der Waals surface area contributed by atoms with Crippen LogP contribution in [0.1, 0.15) is 62.1 Å². The molecule has 0 saturated heterocycles. The minimum absolute atomic E-state index is 0.0147. The van der Waals surface area contributed by atoms with E-state index in [2.05, 4.69) is 14.9 Å². The Kier molecular flexibility index (Phi) is 5.98. The lowest BCUT2D eigenvalue weighted by atomic mass is 9.98. The fraction of sp³-hybridized carbons (Fsp3) is 0.500. The molecule has 1 atom stereocenters. The summed E-state index contributed by atoms with van der Waals surface area (Å²) in [5.41, 5.74) is 0.605. The molecule has 1 N–H and O–H groups in total. The molecule has 1 aromatic heterocycles. The molecule has 1 fully saturated rings. The van der Waals surface area contributed by atoms with Gasteiger partial charge in [-0.3, -0.25) is 9.59 Å². The fourth-order valence-corrected chi connectivity index (χ4v) is 3.41. The van der Waals surface area contributed by atoms with E-state index in [4.69, 9.17) is 4.74 Å². The van der Waals surface area contributed by atoms with Crippen molar-refractivity contribution < 1.29 is 14.3 Å². The number of nitrogens with one attached hydrogen (secondary N) is 1. The van der Waals surface area contributed by atoms with Crippen LogP contribution in [0.25, 0.3) is 0 Å². The molecule has 150 valence electrons. The first-order valence-electron chi connectivity index (χ1n) is 9.42. The van der Waals surface area contributed by atoms with Crippen LogP contribution < -0.4 is 10.1 Å². The third-order valence-corrected chi connectivity index (χ3v) is 5.54. The van der Waals surface area contributed by atoms with Crippen molar-refractivity contribution >= 4 is 23.3 Å². The number of carbonyl (C=O) groups excluding carboxylic acids is 2. The Morgan fingerprint density at radius 2 is 2.14 bits per heavy atom. The predicted molar refractivity (Wildman–Crippen MR) is 107 cm³/mol. The van der Waals surface area contributed by atoms with Gasteiger partial charge in [-0.05, 0) is 62.3 Å². The molecule has 3 rings (SSSR count). The summed E-state index contributed by atoms with van der Waals surface area (Å²) in [5, 5.41) is 8.65. The van der Waals surface area contributed by atoms with Crippen molar-refractivity contribution in [3.8, 4) is 5.75 Å². The number of benzene rings is 1. The van der Waals surface area contributed by atoms with E-state index in [0.717, 1.165) is 30.8 Å². The Bertz CT molecular complexity index is 834. The Morgan fingerprint density at radius 3 is 2.71 bits per heavy atom. The Balaban J connectivity index is 2.02. The first kappa shape index (κ1) is 20.3. The molecule has 2 aromatic rings. The maximum absolute atomic E-state index is 13.4. The summed E-state index contributed by atoms with van der Waals surface area (Å²) in [7, 11) is 1.58. The quantitative estimate of drug-likeness (QED) is 0.733. The predicted octanol–water partition coefficient (Wildman–Crippen LogP) is 3.20. The lowest BCUT2D eigenvalue weighted by Crippen LogP contribution is -2.51. The van der Waals surface area contributed by atoms with E-state index in [1.165, 1.54) is 0 Å². The van der Waals surface area contributed by atoms with E-state index in [0.29, 0.717) is 11.3 Å². The van der Waals surface area contributed by atoms with E-state index in [1.807, 2.05) is 45.0 Å². The van der Waals surface area contributed by atoms with Gasteiger partial charge < -0.3 is 15.0 Å². The molecule has 1 unspecified atom stereocenters. The molecule has 8 heteroatoms. The van der Waals surface area contributed by atoms with Gasteiger partial charge in [0.2, 0.25) is 5.91 Å². The van der Waals surface area contributed by atoms with E-state index in [9.17, 15) is 9.59 Å². The molecular weight excluding hydrogens is 376 g/mol. The van der Waals surface area contributed by atoms with Crippen LogP contribution >= 0.6 is 11.5 Å². The van der Waals surface area contributed by atoms with Gasteiger partial charge in [0.25, 0.3) is 5.91 Å². The molecule has 0 radical (unpaired) electrons. The fourth-order valence-electron chi connectivity index (χ4n) is 2.98. The first-order valence-corrected chi connectivity index (χ1v) is 10.3. The standard InChI is InChI=1S/C20H26N4O3S/c1-5-20(2,3)21-18(25)17(13-7-6-8-15(11-13)27-4)24(14-9-10-14)19(26)16-12-28-23-22-16/h6-8,11-12,14,17H,5,9-10H2,1-4H3,(H,21,25). The number of nitrogens with zero attached hydrogens (tertiary/aromatic N) is 3. The van der Waals surface area contributed by atoms with Crippen molar-refractivity contribution in [2.75, 3.05) is 7.11 Å². The van der Waals surface area contributed by atoms with Crippen LogP contribution in [-0.4, -0.2) is 45.0 Å². The monoisotopic (exact) mass is 402 g/mol. The molecule has 1 aliphatic carbocycles. The van der Waals surface area contributed by atoms with Crippen molar-refractivity contribution in [2.24, 2.45) is 0 Å². The Hall–Kier alpha value is -2.48. The lowest BCUT2D eigenvalue weighted by Gasteiger charge is -2.34. The highest BCUT2D eigenvalue weighted by molar-refractivity contribution is 7.03. The van der Waals surface area contributed by atoms with Gasteiger partial charge in [0, 0.05) is 17.0 Å². The second kappa shape index (κ2) is 8.26. The van der Waals surface area contributed by atoms with Gasteiger partial charge in [-0.15, -0.1) is 5.10 Å². The van der Waals surface area contributed by atoms with Crippen molar-refractivity contribution in [1.82, 2.24) is 19.8 Å². The summed E-state index contributed by atoms with van der Waals surface area (Å²) in [6.45, 7) is 5.97. The molecule has 1 aliphatic rings. The first-order chi connectivity index (χ1) is 13.4. The smallest absolute Gasteiger partial charge is 0.276 e. The largest absolute Gasteiger partial charge is 0.497 e. The molecule has 28 heavy (non-hydrogen) atoms. The van der Waals surface area contributed by atoms with Crippen molar-refractivity contribution in [1.29, 1.82) is 0 Å². The molecule has 7 nitrogen and oxygen atoms in total. The molecule has 1 aromatic carbocycles. The summed E-state index contributed by atoms with van der Waals surface area (Å²) in [6.07, 6.45) is 2.51. The van der Waals surface area contributed by atoms with Crippen LogP contribution in [0.5, 0.6) is 5.75 Å². The van der Waals surface area contributed by atoms with Crippen molar-refractivity contribution in [3.63, 3.8) is 0 Å². The van der Waals surface area contributed by atoms with Gasteiger partial charge in [-0.1, -0.05) is 23.5 Å². The van der Waals surface area contributed by atoms with E-state index in [1.54, 1.807) is 17.4 Å². The van der Waals surface area contributed by atoms with Crippen LogP contribution in [0.3, 0.4) is 0 Å². The minimum atomic E-state index is -0.761. The summed E-state index contributed by atoms with van der Waals surface area (Å²) in [5.74, 6) is 0.167. The zero-order chi connectivity index (χ0) is 20.3. The van der Waals surface area contributed by atoms with Crippen LogP contribution in [0, 0.1) is 0 Å². The summed E-state index contributed by atoms with van der Waals surface area (Å²) >= 11 is 1.12. The number of rotatable bonds is 8. The third-order valence-electron chi connectivity index (χ3n) is 5.04. The Labute approximate surface area is 169 Å². The third kappa shape index (κ3) is 4.49. The number of hydrogen-bond acceptors (Lipinski definition) is 6. The van der Waals surface area contributed by atoms with E-state index in [-0.39, 0.29) is 29.1 Å². The number of aromatic nitrogens is 2. The van der Waals surface area contributed by atoms with Crippen molar-refractivity contribution in [3.05, 3.63) is 40.9 Å². The SMILES string of the molecule is CCC(C)(C)NC(=O)C(c1cccc(OC)c1)N(C(=O)c1csnn1)C1CC1. The number of hydrogen-bond donors (Lipinski definition) is 1. The van der Waals surface area contributed by atoms with E-state index < -0.39 is 6.04 Å². The average Bonchev–Trinajstić information content (AvgIpc) is 3.37. The van der Waals surface area contributed by atoms with Crippen LogP contribution in [0.4, 0.5) is 0 Å². The molecule has 1 saturated carbocycles. The maximum Gasteiger partial charge on any atom is 0.276 e. The average molecular weight is 403 g/mol. The highest BCUT2D eigenvalue weighted by Crippen LogP contribution is 2.37. The zero-order valence-electron chi connectivity index (χ0n) is 16.6. The second-order valence-electron chi connectivity index (χ2n) is 7.64. The number of ether oxygens (including phenoxy) is 1. The van der Waals surface area contributed by atoms with Crippen LogP contribution in [-0.2, 0) is 4.79 Å². The van der Waals surface area contributed by atoms with Crippen molar-refractivity contribution in [2.45, 2.75) is 57.7 Å². The normalized spacial score (nSPS) is 15.0. The van der Waals surface area contributed by atoms with Crippen LogP contribution in [0.15, 0.2) is 29.6 Å². The minimum Gasteiger partial charge on any atom is -0.497 e. The highest BCUT2D eigenvalue weighted by Gasteiger charge is 2.43. The van der Waals surface area contributed by atoms with Crippen LogP contribution in [0.2, 0.25) is 0 Å². The molecule has 2 amide bonds. The molecular formula is C20H26N4O3S. The highest BCUT2D eigenvalue weighted by atomic mass is 32.1. The molecule has 1 heterocycles. The van der Waals surface area contributed by atoms with Gasteiger partial charge in [0.1, 0.15) is 11.8 Å². The number of carbonyl (C=O) groups is 2. The van der Waals surface area contributed by atoms with Gasteiger partial charge in [0.05, 0.1) is 7.11 Å². The van der Waals surface area contributed by atoms with Gasteiger partial charge in [-0.2, -0.15) is 0 Å². The molecule has 0 bridgehead atoms. The maximum atomic E-state index is 13.4. The summed E-state index contributed by atoms with van der Waals surface area (Å²) in [6, 6.07) is 6.57. The second-order valence-corrected chi connectivity index (χ2v) is 8.25. The van der Waals surface area contributed by atoms with Gasteiger partial charge >= 0.3 is 0 Å². The molecule has 0 aliphatic heterocycles. The number of amides is 2. The number of methoxy groups -OCH3 is 1. The van der Waals surface area contributed by atoms with Gasteiger partial charge in [0.15, 0.2) is 5.69 Å². The van der Waals surface area contributed by atoms with Gasteiger partial charge in [-0.25, -0.2) is 0 Å². The zero-order valence-corrected chi connectivity index (χ0v) is 17.5. The Morgan fingerprint density at radius 1 is 1.39 bits per heavy atom. The summed E-state index contributed by atoms with van der Waals surface area (Å²) in [4.78, 5) is 28.3. The van der Waals surface area contributed by atoms with E-state index >= 15 is 0 Å². The topological polar surface area (TPSA) is 84.4 Å². The summed E-state index contributed by atoms with van der Waals surface area (Å²) < 4.78 is 9.15. The molecule has 0 spiro atoms. The lowest BCUT2D eigenvalue weighted by molar-refractivity contribution is -0.127.